The highest BCUT2D eigenvalue weighted by molar-refractivity contribution is 5.94. The van der Waals surface area contributed by atoms with Gasteiger partial charge in [-0.05, 0) is 6.92 Å². The first-order valence-electron chi connectivity index (χ1n) is 2.81. The standard InChI is InChI=1S/C6H10O4.3CH4/c1-5(7)3-6(8)10-4-9-2;;;/h3-4H2,1-2H3;3*1H4. The van der Waals surface area contributed by atoms with Crippen LogP contribution in [0.1, 0.15) is 35.6 Å². The number of carbonyl (C=O) groups excluding carboxylic acids is 2. The first-order chi connectivity index (χ1) is 4.66. The van der Waals surface area contributed by atoms with Crippen LogP contribution in [-0.2, 0) is 19.1 Å². The molecule has 0 aromatic carbocycles. The Hall–Kier alpha value is -0.900. The van der Waals surface area contributed by atoms with Crippen LogP contribution in [0.3, 0.4) is 0 Å². The summed E-state index contributed by atoms with van der Waals surface area (Å²) in [5.74, 6) is -0.754. The normalized spacial score (nSPS) is 6.92. The summed E-state index contributed by atoms with van der Waals surface area (Å²) in [5, 5.41) is 0. The summed E-state index contributed by atoms with van der Waals surface area (Å²) < 4.78 is 8.86. The van der Waals surface area contributed by atoms with E-state index in [1.54, 1.807) is 0 Å². The van der Waals surface area contributed by atoms with Crippen molar-refractivity contribution >= 4 is 11.8 Å². The van der Waals surface area contributed by atoms with E-state index in [1.165, 1.54) is 14.0 Å². The highest BCUT2D eigenvalue weighted by atomic mass is 16.7. The predicted molar refractivity (Wildman–Crippen MR) is 53.5 cm³/mol. The molecule has 0 fully saturated rings. The fourth-order valence-corrected chi connectivity index (χ4v) is 0.379. The zero-order chi connectivity index (χ0) is 7.98. The Morgan fingerprint density at radius 3 is 1.92 bits per heavy atom. The minimum Gasteiger partial charge on any atom is -0.438 e. The summed E-state index contributed by atoms with van der Waals surface area (Å²) in [6.45, 7) is 1.24. The summed E-state index contributed by atoms with van der Waals surface area (Å²) in [4.78, 5) is 20.8. The first-order valence-corrected chi connectivity index (χ1v) is 2.81. The number of methoxy groups -OCH3 is 1. The molecule has 0 atom stereocenters. The Labute approximate surface area is 81.2 Å². The van der Waals surface area contributed by atoms with Gasteiger partial charge in [0.05, 0.1) is 0 Å². The monoisotopic (exact) mass is 194 g/mol. The molecule has 0 saturated heterocycles. The molecule has 0 unspecified atom stereocenters. The molecule has 0 saturated carbocycles. The van der Waals surface area contributed by atoms with Gasteiger partial charge in [-0.2, -0.15) is 0 Å². The third kappa shape index (κ3) is 18.2. The molecule has 4 heteroatoms. The maximum Gasteiger partial charge on any atom is 0.315 e. The SMILES string of the molecule is C.C.C.COCOC(=O)CC(C)=O. The van der Waals surface area contributed by atoms with Crippen molar-refractivity contribution in [3.05, 3.63) is 0 Å². The topological polar surface area (TPSA) is 52.6 Å². The van der Waals surface area contributed by atoms with Gasteiger partial charge < -0.3 is 9.47 Å². The fraction of sp³-hybridized carbons (Fsp3) is 0.778. The number of ketones is 1. The van der Waals surface area contributed by atoms with Crippen molar-refractivity contribution < 1.29 is 19.1 Å². The van der Waals surface area contributed by atoms with Gasteiger partial charge in [-0.25, -0.2) is 0 Å². The van der Waals surface area contributed by atoms with Crippen molar-refractivity contribution in [2.24, 2.45) is 0 Å². The van der Waals surface area contributed by atoms with Gasteiger partial charge in [0.25, 0.3) is 0 Å². The molecule has 4 nitrogen and oxygen atoms in total. The van der Waals surface area contributed by atoms with E-state index in [1.807, 2.05) is 0 Å². The fourth-order valence-electron chi connectivity index (χ4n) is 0.379. The molecule has 0 aromatic heterocycles. The van der Waals surface area contributed by atoms with E-state index in [0.29, 0.717) is 0 Å². The quantitative estimate of drug-likeness (QED) is 0.390. The van der Waals surface area contributed by atoms with Crippen molar-refractivity contribution in [3.63, 3.8) is 0 Å². The van der Waals surface area contributed by atoms with Crippen molar-refractivity contribution in [3.8, 4) is 0 Å². The Morgan fingerprint density at radius 2 is 1.62 bits per heavy atom. The molecule has 0 aliphatic carbocycles. The lowest BCUT2D eigenvalue weighted by Crippen LogP contribution is -2.10. The average molecular weight is 194 g/mol. The van der Waals surface area contributed by atoms with Crippen LogP contribution in [0.4, 0.5) is 0 Å². The second kappa shape index (κ2) is 13.7. The second-order valence-electron chi connectivity index (χ2n) is 1.80. The van der Waals surface area contributed by atoms with Gasteiger partial charge in [0.15, 0.2) is 6.79 Å². The molecule has 0 bridgehead atoms. The Morgan fingerprint density at radius 1 is 1.15 bits per heavy atom. The number of carbonyl (C=O) groups is 2. The van der Waals surface area contributed by atoms with Crippen LogP contribution in [0, 0.1) is 0 Å². The van der Waals surface area contributed by atoms with Gasteiger partial charge in [0.2, 0.25) is 0 Å². The number of rotatable bonds is 4. The number of Topliss-reactive ketones (excluding diaryl/α,β-unsaturated/α-hetero) is 1. The molecule has 0 aliphatic heterocycles. The molecule has 82 valence electrons. The molecule has 0 amide bonds. The van der Waals surface area contributed by atoms with Gasteiger partial charge in [-0.1, -0.05) is 22.3 Å². The third-order valence-electron chi connectivity index (χ3n) is 0.731. The molecular weight excluding hydrogens is 172 g/mol. The van der Waals surface area contributed by atoms with Crippen LogP contribution in [0.5, 0.6) is 0 Å². The molecule has 0 aliphatic rings. The number of esters is 1. The van der Waals surface area contributed by atoms with Crippen LogP contribution < -0.4 is 0 Å². The summed E-state index contributed by atoms with van der Waals surface area (Å²) >= 11 is 0. The Bertz CT molecular complexity index is 132. The minimum atomic E-state index is -0.547. The van der Waals surface area contributed by atoms with E-state index in [9.17, 15) is 9.59 Å². The van der Waals surface area contributed by atoms with E-state index in [0.717, 1.165) is 0 Å². The minimum absolute atomic E-state index is 0. The van der Waals surface area contributed by atoms with Gasteiger partial charge in [-0.15, -0.1) is 0 Å². The van der Waals surface area contributed by atoms with Crippen molar-refractivity contribution in [1.82, 2.24) is 0 Å². The summed E-state index contributed by atoms with van der Waals surface area (Å²) in [5.41, 5.74) is 0. The zero-order valence-electron chi connectivity index (χ0n) is 6.05. The highest BCUT2D eigenvalue weighted by Crippen LogP contribution is 1.86. The molecule has 0 radical (unpaired) electrons. The van der Waals surface area contributed by atoms with Crippen LogP contribution >= 0.6 is 0 Å². The largest absolute Gasteiger partial charge is 0.438 e. The molecule has 13 heavy (non-hydrogen) atoms. The third-order valence-corrected chi connectivity index (χ3v) is 0.731. The maximum absolute atomic E-state index is 10.5. The molecule has 0 N–H and O–H groups in total. The number of hydrogen-bond donors (Lipinski definition) is 0. The van der Waals surface area contributed by atoms with Gasteiger partial charge in [0, 0.05) is 7.11 Å². The lowest BCUT2D eigenvalue weighted by Gasteiger charge is -1.99. The van der Waals surface area contributed by atoms with Crippen LogP contribution in [-0.4, -0.2) is 25.7 Å². The van der Waals surface area contributed by atoms with Crippen molar-refractivity contribution in [2.75, 3.05) is 13.9 Å². The predicted octanol–water partition coefficient (Wildman–Crippen LogP) is 2.02. The van der Waals surface area contributed by atoms with E-state index < -0.39 is 5.97 Å². The van der Waals surface area contributed by atoms with Crippen molar-refractivity contribution in [2.45, 2.75) is 35.6 Å². The van der Waals surface area contributed by atoms with Crippen LogP contribution in [0.25, 0.3) is 0 Å². The molecule has 0 rings (SSSR count). The molecule has 0 spiro atoms. The van der Waals surface area contributed by atoms with Gasteiger partial charge >= 0.3 is 5.97 Å². The van der Waals surface area contributed by atoms with E-state index in [2.05, 4.69) is 9.47 Å². The molecule has 0 aromatic rings. The lowest BCUT2D eigenvalue weighted by atomic mass is 10.3. The summed E-state index contributed by atoms with van der Waals surface area (Å²) in [6, 6.07) is 0. The highest BCUT2D eigenvalue weighted by Gasteiger charge is 2.04. The Balaban J connectivity index is -0.000000135. The lowest BCUT2D eigenvalue weighted by molar-refractivity contribution is -0.155. The van der Waals surface area contributed by atoms with E-state index in [-0.39, 0.29) is 41.3 Å². The number of ether oxygens (including phenoxy) is 2. The average Bonchev–Trinajstić information content (AvgIpc) is 1.82. The van der Waals surface area contributed by atoms with Crippen molar-refractivity contribution in [1.29, 1.82) is 0 Å². The smallest absolute Gasteiger partial charge is 0.315 e. The van der Waals surface area contributed by atoms with Gasteiger partial charge in [-0.3, -0.25) is 9.59 Å². The summed E-state index contributed by atoms with van der Waals surface area (Å²) in [7, 11) is 1.40. The van der Waals surface area contributed by atoms with E-state index in [4.69, 9.17) is 0 Å². The van der Waals surface area contributed by atoms with Crippen LogP contribution in [0.2, 0.25) is 0 Å². The van der Waals surface area contributed by atoms with Crippen LogP contribution in [0.15, 0.2) is 0 Å². The molecule has 0 heterocycles. The first kappa shape index (κ1) is 22.7. The van der Waals surface area contributed by atoms with E-state index >= 15 is 0 Å². The maximum atomic E-state index is 10.5. The molecular formula is C9H22O4. The Kier molecular flexibility index (Phi) is 23.9. The zero-order valence-corrected chi connectivity index (χ0v) is 6.05. The number of hydrogen-bond acceptors (Lipinski definition) is 4. The summed E-state index contributed by atoms with van der Waals surface area (Å²) in [6.07, 6.45) is -0.177. The second-order valence-corrected chi connectivity index (χ2v) is 1.80. The van der Waals surface area contributed by atoms with Gasteiger partial charge in [0.1, 0.15) is 12.2 Å².